The molecule has 0 atom stereocenters. The lowest BCUT2D eigenvalue weighted by Crippen LogP contribution is -2.41. The summed E-state index contributed by atoms with van der Waals surface area (Å²) in [5.41, 5.74) is 0.633. The molecule has 0 aliphatic carbocycles. The molecule has 1 aromatic rings. The van der Waals surface area contributed by atoms with Gasteiger partial charge in [-0.1, -0.05) is 12.1 Å². The van der Waals surface area contributed by atoms with Crippen LogP contribution in [-0.2, 0) is 4.74 Å². The van der Waals surface area contributed by atoms with Crippen LogP contribution in [0.25, 0.3) is 0 Å². The van der Waals surface area contributed by atoms with Crippen LogP contribution in [0.5, 0.6) is 5.75 Å². The summed E-state index contributed by atoms with van der Waals surface area (Å²) in [5.74, 6) is 0.692. The number of rotatable bonds is 7. The van der Waals surface area contributed by atoms with Gasteiger partial charge in [0, 0.05) is 26.2 Å². The number of ether oxygens (including phenoxy) is 2. The summed E-state index contributed by atoms with van der Waals surface area (Å²) < 4.78 is 10.5. The van der Waals surface area contributed by atoms with Crippen LogP contribution in [-0.4, -0.2) is 63.7 Å². The van der Waals surface area contributed by atoms with Crippen molar-refractivity contribution in [1.29, 1.82) is 0 Å². The third kappa shape index (κ3) is 4.30. The summed E-state index contributed by atoms with van der Waals surface area (Å²) in [6.45, 7) is 5.65. The molecule has 0 radical (unpaired) electrons. The van der Waals surface area contributed by atoms with Crippen molar-refractivity contribution in [2.45, 2.75) is 0 Å². The van der Waals surface area contributed by atoms with E-state index in [2.05, 4.69) is 10.2 Å². The predicted molar refractivity (Wildman–Crippen MR) is 77.5 cm³/mol. The Labute approximate surface area is 119 Å². The monoisotopic (exact) mass is 278 g/mol. The van der Waals surface area contributed by atoms with E-state index in [0.717, 1.165) is 39.4 Å². The van der Waals surface area contributed by atoms with Gasteiger partial charge < -0.3 is 14.8 Å². The molecule has 5 heteroatoms. The van der Waals surface area contributed by atoms with E-state index >= 15 is 0 Å². The molecule has 5 nitrogen and oxygen atoms in total. The molecule has 0 spiro atoms. The van der Waals surface area contributed by atoms with E-state index < -0.39 is 0 Å². The Balaban J connectivity index is 1.72. The van der Waals surface area contributed by atoms with Gasteiger partial charge >= 0.3 is 0 Å². The van der Waals surface area contributed by atoms with Crippen molar-refractivity contribution in [3.05, 3.63) is 29.8 Å². The lowest BCUT2D eigenvalue weighted by molar-refractivity contribution is 0.0384. The average molecular weight is 278 g/mol. The molecule has 110 valence electrons. The van der Waals surface area contributed by atoms with Crippen molar-refractivity contribution in [2.75, 3.05) is 53.0 Å². The highest BCUT2D eigenvalue weighted by Gasteiger charge is 2.12. The average Bonchev–Trinajstić information content (AvgIpc) is 2.52. The van der Waals surface area contributed by atoms with Gasteiger partial charge in [0.1, 0.15) is 5.75 Å². The smallest absolute Gasteiger partial charge is 0.180 e. The predicted octanol–water partition coefficient (Wildman–Crippen LogP) is 0.800. The van der Waals surface area contributed by atoms with Crippen LogP contribution in [0.3, 0.4) is 0 Å². The van der Waals surface area contributed by atoms with Crippen LogP contribution in [0.15, 0.2) is 24.3 Å². The van der Waals surface area contributed by atoms with Gasteiger partial charge in [-0.25, -0.2) is 0 Å². The molecule has 1 aromatic carbocycles. The number of benzene rings is 1. The summed E-state index contributed by atoms with van der Waals surface area (Å²) >= 11 is 0. The minimum Gasteiger partial charge on any atom is -0.496 e. The van der Waals surface area contributed by atoms with Crippen molar-refractivity contribution in [1.82, 2.24) is 10.2 Å². The summed E-state index contributed by atoms with van der Waals surface area (Å²) in [6, 6.07) is 7.32. The molecule has 1 fully saturated rings. The summed E-state index contributed by atoms with van der Waals surface area (Å²) in [5, 5.41) is 3.19. The van der Waals surface area contributed by atoms with Crippen LogP contribution in [0.4, 0.5) is 0 Å². The summed E-state index contributed by atoms with van der Waals surface area (Å²) in [4.78, 5) is 14.4. The fraction of sp³-hybridized carbons (Fsp3) is 0.533. The summed E-state index contributed by atoms with van der Waals surface area (Å²) in [6.07, 6.45) is 0. The van der Waals surface area contributed by atoms with E-state index in [1.165, 1.54) is 0 Å². The van der Waals surface area contributed by atoms with Crippen molar-refractivity contribution in [3.63, 3.8) is 0 Å². The van der Waals surface area contributed by atoms with Gasteiger partial charge in [0.05, 0.1) is 32.4 Å². The molecule has 0 aromatic heterocycles. The van der Waals surface area contributed by atoms with E-state index in [9.17, 15) is 4.79 Å². The molecule has 1 heterocycles. The molecule has 0 bridgehead atoms. The number of hydrogen-bond donors (Lipinski definition) is 1. The van der Waals surface area contributed by atoms with E-state index in [1.807, 2.05) is 12.1 Å². The normalized spacial score (nSPS) is 16.1. The Morgan fingerprint density at radius 1 is 1.35 bits per heavy atom. The van der Waals surface area contributed by atoms with Crippen molar-refractivity contribution >= 4 is 5.78 Å². The second-order valence-electron chi connectivity index (χ2n) is 4.75. The Morgan fingerprint density at radius 2 is 2.10 bits per heavy atom. The quantitative estimate of drug-likeness (QED) is 0.590. The minimum atomic E-state index is 0.0597. The first-order chi connectivity index (χ1) is 9.81. The number of methoxy groups -OCH3 is 1. The zero-order valence-corrected chi connectivity index (χ0v) is 11.9. The van der Waals surface area contributed by atoms with E-state index in [-0.39, 0.29) is 5.78 Å². The van der Waals surface area contributed by atoms with Crippen molar-refractivity contribution in [3.8, 4) is 5.75 Å². The molecule has 0 unspecified atom stereocenters. The Hall–Kier alpha value is -1.43. The first-order valence-electron chi connectivity index (χ1n) is 6.98. The minimum absolute atomic E-state index is 0.0597. The zero-order chi connectivity index (χ0) is 14.2. The highest BCUT2D eigenvalue weighted by molar-refractivity contribution is 6.00. The van der Waals surface area contributed by atoms with Gasteiger partial charge in [-0.05, 0) is 12.1 Å². The Kier molecular flexibility index (Phi) is 5.98. The maximum absolute atomic E-state index is 12.1. The number of hydrogen-bond acceptors (Lipinski definition) is 5. The number of para-hydroxylation sites is 1. The molecule has 1 N–H and O–H groups in total. The largest absolute Gasteiger partial charge is 0.496 e. The van der Waals surface area contributed by atoms with Gasteiger partial charge in [-0.2, -0.15) is 0 Å². The zero-order valence-electron chi connectivity index (χ0n) is 11.9. The maximum atomic E-state index is 12.1. The number of ketones is 1. The van der Waals surface area contributed by atoms with Gasteiger partial charge in [0.15, 0.2) is 5.78 Å². The number of morpholine rings is 1. The van der Waals surface area contributed by atoms with Gasteiger partial charge in [0.25, 0.3) is 0 Å². The molecule has 1 aliphatic rings. The number of carbonyl (C=O) groups excluding carboxylic acids is 1. The van der Waals surface area contributed by atoms with Crippen molar-refractivity contribution in [2.24, 2.45) is 0 Å². The number of nitrogens with zero attached hydrogens (tertiary/aromatic N) is 1. The highest BCUT2D eigenvalue weighted by atomic mass is 16.5. The third-order valence-electron chi connectivity index (χ3n) is 3.40. The van der Waals surface area contributed by atoms with Crippen LogP contribution in [0.1, 0.15) is 10.4 Å². The lowest BCUT2D eigenvalue weighted by Gasteiger charge is -2.26. The molecule has 2 rings (SSSR count). The van der Waals surface area contributed by atoms with Crippen LogP contribution < -0.4 is 10.1 Å². The van der Waals surface area contributed by atoms with E-state index in [0.29, 0.717) is 17.9 Å². The van der Waals surface area contributed by atoms with Crippen LogP contribution in [0.2, 0.25) is 0 Å². The topological polar surface area (TPSA) is 50.8 Å². The fourth-order valence-electron chi connectivity index (χ4n) is 2.23. The van der Waals surface area contributed by atoms with Gasteiger partial charge in [0.2, 0.25) is 0 Å². The standard InChI is InChI=1S/C15H22N2O3/c1-19-15-5-3-2-4-13(15)14(18)12-16-6-7-17-8-10-20-11-9-17/h2-5,16H,6-12H2,1H3. The Morgan fingerprint density at radius 3 is 2.85 bits per heavy atom. The van der Waals surface area contributed by atoms with Gasteiger partial charge in [-0.15, -0.1) is 0 Å². The molecule has 20 heavy (non-hydrogen) atoms. The Bertz CT molecular complexity index is 431. The molecular weight excluding hydrogens is 256 g/mol. The third-order valence-corrected chi connectivity index (χ3v) is 3.40. The lowest BCUT2D eigenvalue weighted by atomic mass is 10.1. The molecular formula is C15H22N2O3. The summed E-state index contributed by atoms with van der Waals surface area (Å²) in [7, 11) is 1.58. The first kappa shape index (κ1) is 15.0. The first-order valence-corrected chi connectivity index (χ1v) is 6.98. The van der Waals surface area contributed by atoms with E-state index in [4.69, 9.17) is 9.47 Å². The molecule has 1 aliphatic heterocycles. The van der Waals surface area contributed by atoms with Crippen LogP contribution in [0, 0.1) is 0 Å². The number of Topliss-reactive ketones (excluding diaryl/α,β-unsaturated/α-hetero) is 1. The highest BCUT2D eigenvalue weighted by Crippen LogP contribution is 2.17. The molecule has 1 saturated heterocycles. The second kappa shape index (κ2) is 7.99. The van der Waals surface area contributed by atoms with Crippen LogP contribution >= 0.6 is 0 Å². The second-order valence-corrected chi connectivity index (χ2v) is 4.75. The fourth-order valence-corrected chi connectivity index (χ4v) is 2.23. The van der Waals surface area contributed by atoms with Gasteiger partial charge in [-0.3, -0.25) is 9.69 Å². The number of nitrogens with one attached hydrogen (secondary N) is 1. The molecule has 0 amide bonds. The number of carbonyl (C=O) groups is 1. The van der Waals surface area contributed by atoms with Crippen molar-refractivity contribution < 1.29 is 14.3 Å². The van der Waals surface area contributed by atoms with E-state index in [1.54, 1.807) is 19.2 Å². The maximum Gasteiger partial charge on any atom is 0.180 e. The molecule has 0 saturated carbocycles. The SMILES string of the molecule is COc1ccccc1C(=O)CNCCN1CCOCC1.